The van der Waals surface area contributed by atoms with E-state index < -0.39 is 0 Å². The van der Waals surface area contributed by atoms with Crippen molar-refractivity contribution in [1.29, 1.82) is 0 Å². The molecule has 0 radical (unpaired) electrons. The highest BCUT2D eigenvalue weighted by Crippen LogP contribution is 2.29. The van der Waals surface area contributed by atoms with Crippen LogP contribution in [0.4, 0.5) is 5.82 Å². The van der Waals surface area contributed by atoms with Crippen molar-refractivity contribution in [3.05, 3.63) is 42.7 Å². The van der Waals surface area contributed by atoms with E-state index >= 15 is 0 Å². The summed E-state index contributed by atoms with van der Waals surface area (Å²) in [5.41, 5.74) is 1.01. The van der Waals surface area contributed by atoms with Crippen LogP contribution < -0.4 is 9.64 Å². The van der Waals surface area contributed by atoms with Gasteiger partial charge in [0.1, 0.15) is 11.5 Å². The lowest BCUT2D eigenvalue weighted by molar-refractivity contribution is 0.481. The fourth-order valence-electron chi connectivity index (χ4n) is 2.32. The lowest BCUT2D eigenvalue weighted by Gasteiger charge is -2.15. The quantitative estimate of drug-likeness (QED) is 0.777. The van der Waals surface area contributed by atoms with Gasteiger partial charge in [0.2, 0.25) is 0 Å². The van der Waals surface area contributed by atoms with Gasteiger partial charge in [0.05, 0.1) is 11.7 Å². The van der Waals surface area contributed by atoms with Crippen LogP contribution in [0.2, 0.25) is 0 Å². The van der Waals surface area contributed by atoms with Crippen molar-refractivity contribution in [3.8, 4) is 11.5 Å². The number of benzene rings is 1. The third-order valence-electron chi connectivity index (χ3n) is 3.30. The fraction of sp³-hybridized carbons (Fsp3) is 0.250. The summed E-state index contributed by atoms with van der Waals surface area (Å²) in [6.07, 6.45) is 4.50. The van der Waals surface area contributed by atoms with Crippen LogP contribution in [0.1, 0.15) is 13.3 Å². The minimum atomic E-state index is 0.726. The number of aromatic nitrogens is 3. The number of nitrogens with zero attached hydrogens (tertiary/aromatic N) is 3. The second-order valence-corrected chi connectivity index (χ2v) is 4.97. The predicted molar refractivity (Wildman–Crippen MR) is 84.0 cm³/mol. The van der Waals surface area contributed by atoms with Crippen molar-refractivity contribution in [1.82, 2.24) is 15.2 Å². The summed E-state index contributed by atoms with van der Waals surface area (Å²) in [5, 5.41) is 8.52. The molecule has 108 valence electrons. The molecule has 0 aliphatic heterocycles. The number of pyridine rings is 1. The summed E-state index contributed by atoms with van der Waals surface area (Å²) < 4.78 is 5.83. The van der Waals surface area contributed by atoms with Gasteiger partial charge in [-0.1, -0.05) is 6.92 Å². The van der Waals surface area contributed by atoms with E-state index in [0.29, 0.717) is 0 Å². The molecule has 0 aliphatic rings. The van der Waals surface area contributed by atoms with Crippen LogP contribution >= 0.6 is 0 Å². The van der Waals surface area contributed by atoms with E-state index in [9.17, 15) is 0 Å². The fourth-order valence-corrected chi connectivity index (χ4v) is 2.32. The van der Waals surface area contributed by atoms with Crippen molar-refractivity contribution in [2.24, 2.45) is 0 Å². The molecule has 0 fully saturated rings. The molecule has 3 rings (SSSR count). The van der Waals surface area contributed by atoms with Gasteiger partial charge in [-0.15, -0.1) is 0 Å². The van der Waals surface area contributed by atoms with E-state index in [0.717, 1.165) is 41.2 Å². The van der Waals surface area contributed by atoms with Crippen LogP contribution in [-0.4, -0.2) is 28.8 Å². The predicted octanol–water partition coefficient (Wildman–Crippen LogP) is 3.60. The van der Waals surface area contributed by atoms with E-state index in [1.54, 1.807) is 12.4 Å². The first-order chi connectivity index (χ1) is 10.3. The maximum atomic E-state index is 5.83. The molecule has 0 saturated carbocycles. The molecule has 21 heavy (non-hydrogen) atoms. The average Bonchev–Trinajstić information content (AvgIpc) is 2.92. The first-order valence-electron chi connectivity index (χ1n) is 7.05. The summed E-state index contributed by atoms with van der Waals surface area (Å²) in [6.45, 7) is 3.12. The molecule has 2 heterocycles. The van der Waals surface area contributed by atoms with Gasteiger partial charge >= 0.3 is 0 Å². The Bertz CT molecular complexity index is 723. The molecule has 0 amide bonds. The number of nitrogens with one attached hydrogen (secondary N) is 1. The Balaban J connectivity index is 1.93. The molecule has 5 heteroatoms. The molecule has 0 unspecified atom stereocenters. The van der Waals surface area contributed by atoms with Crippen LogP contribution in [-0.2, 0) is 0 Å². The SMILES string of the molecule is CCCN(C)c1n[nH]c2ccc(Oc3cccnc3)cc12. The summed E-state index contributed by atoms with van der Waals surface area (Å²) in [7, 11) is 2.05. The Kier molecular flexibility index (Phi) is 3.73. The Hall–Kier alpha value is -2.56. The smallest absolute Gasteiger partial charge is 0.158 e. The molecule has 1 aromatic carbocycles. The minimum absolute atomic E-state index is 0.726. The topological polar surface area (TPSA) is 54.0 Å². The van der Waals surface area contributed by atoms with Gasteiger partial charge < -0.3 is 9.64 Å². The van der Waals surface area contributed by atoms with Gasteiger partial charge in [-0.25, -0.2) is 0 Å². The number of ether oxygens (including phenoxy) is 1. The summed E-state index contributed by atoms with van der Waals surface area (Å²) in [4.78, 5) is 6.20. The van der Waals surface area contributed by atoms with Crippen molar-refractivity contribution in [2.75, 3.05) is 18.5 Å². The highest BCUT2D eigenvalue weighted by Gasteiger charge is 2.11. The van der Waals surface area contributed by atoms with Crippen molar-refractivity contribution in [3.63, 3.8) is 0 Å². The Morgan fingerprint density at radius 3 is 2.90 bits per heavy atom. The van der Waals surface area contributed by atoms with Crippen molar-refractivity contribution >= 4 is 16.7 Å². The van der Waals surface area contributed by atoms with Gasteiger partial charge in [-0.3, -0.25) is 10.1 Å². The highest BCUT2D eigenvalue weighted by molar-refractivity contribution is 5.91. The first kappa shape index (κ1) is 13.4. The number of anilines is 1. The molecule has 0 spiro atoms. The number of H-pyrrole nitrogens is 1. The molecular weight excluding hydrogens is 264 g/mol. The Labute approximate surface area is 123 Å². The van der Waals surface area contributed by atoms with E-state index in [2.05, 4.69) is 27.0 Å². The maximum absolute atomic E-state index is 5.83. The number of hydrogen-bond donors (Lipinski definition) is 1. The number of aromatic amines is 1. The lowest BCUT2D eigenvalue weighted by Crippen LogP contribution is -2.18. The number of fused-ring (bicyclic) bond motifs is 1. The number of hydrogen-bond acceptors (Lipinski definition) is 4. The third-order valence-corrected chi connectivity index (χ3v) is 3.30. The molecule has 0 bridgehead atoms. The van der Waals surface area contributed by atoms with E-state index in [-0.39, 0.29) is 0 Å². The largest absolute Gasteiger partial charge is 0.456 e. The monoisotopic (exact) mass is 282 g/mol. The van der Waals surface area contributed by atoms with Gasteiger partial charge in [0.15, 0.2) is 5.82 Å². The van der Waals surface area contributed by atoms with Gasteiger partial charge in [0, 0.05) is 25.2 Å². The zero-order valence-electron chi connectivity index (χ0n) is 12.2. The molecular formula is C16H18N4O. The molecule has 2 aromatic heterocycles. The van der Waals surface area contributed by atoms with E-state index in [4.69, 9.17) is 4.74 Å². The second-order valence-electron chi connectivity index (χ2n) is 4.97. The van der Waals surface area contributed by atoms with Crippen LogP contribution in [0, 0.1) is 0 Å². The molecule has 0 aliphatic carbocycles. The summed E-state index contributed by atoms with van der Waals surface area (Å²) in [6, 6.07) is 9.66. The third kappa shape index (κ3) is 2.81. The lowest BCUT2D eigenvalue weighted by atomic mass is 10.2. The zero-order chi connectivity index (χ0) is 14.7. The van der Waals surface area contributed by atoms with Crippen molar-refractivity contribution < 1.29 is 4.74 Å². The van der Waals surface area contributed by atoms with Crippen LogP contribution in [0.3, 0.4) is 0 Å². The standard InChI is InChI=1S/C16H18N4O/c1-3-9-20(2)16-14-10-12(6-7-15(14)18-19-16)21-13-5-4-8-17-11-13/h4-8,10-11H,3,9H2,1-2H3,(H,18,19). The zero-order valence-corrected chi connectivity index (χ0v) is 12.2. The Morgan fingerprint density at radius 2 is 2.14 bits per heavy atom. The Morgan fingerprint density at radius 1 is 1.24 bits per heavy atom. The molecule has 3 aromatic rings. The summed E-state index contributed by atoms with van der Waals surface area (Å²) >= 11 is 0. The molecule has 5 nitrogen and oxygen atoms in total. The average molecular weight is 282 g/mol. The first-order valence-corrected chi connectivity index (χ1v) is 7.05. The minimum Gasteiger partial charge on any atom is -0.456 e. The normalized spacial score (nSPS) is 10.8. The van der Waals surface area contributed by atoms with Gasteiger partial charge in [-0.05, 0) is 36.8 Å². The maximum Gasteiger partial charge on any atom is 0.158 e. The van der Waals surface area contributed by atoms with Crippen LogP contribution in [0.15, 0.2) is 42.7 Å². The van der Waals surface area contributed by atoms with E-state index in [1.165, 1.54) is 0 Å². The molecule has 0 atom stereocenters. The van der Waals surface area contributed by atoms with Crippen LogP contribution in [0.5, 0.6) is 11.5 Å². The van der Waals surface area contributed by atoms with E-state index in [1.807, 2.05) is 37.4 Å². The highest BCUT2D eigenvalue weighted by atomic mass is 16.5. The molecule has 1 N–H and O–H groups in total. The summed E-state index contributed by atoms with van der Waals surface area (Å²) in [5.74, 6) is 2.45. The molecule has 0 saturated heterocycles. The van der Waals surface area contributed by atoms with Crippen molar-refractivity contribution in [2.45, 2.75) is 13.3 Å². The van der Waals surface area contributed by atoms with Gasteiger partial charge in [0.25, 0.3) is 0 Å². The number of rotatable bonds is 5. The van der Waals surface area contributed by atoms with Crippen LogP contribution in [0.25, 0.3) is 10.9 Å². The second kappa shape index (κ2) is 5.83. The van der Waals surface area contributed by atoms with Gasteiger partial charge in [-0.2, -0.15) is 5.10 Å².